The summed E-state index contributed by atoms with van der Waals surface area (Å²) in [6.45, 7) is 11.3. The van der Waals surface area contributed by atoms with Crippen molar-refractivity contribution in [2.24, 2.45) is 0 Å². The molecule has 1 saturated heterocycles. The lowest BCUT2D eigenvalue weighted by Gasteiger charge is -2.35. The van der Waals surface area contributed by atoms with Crippen molar-refractivity contribution in [3.05, 3.63) is 0 Å². The molecule has 0 saturated carbocycles. The van der Waals surface area contributed by atoms with Gasteiger partial charge in [0.15, 0.2) is 6.29 Å². The number of carbonyl (C=O) groups is 1. The molecule has 0 aromatic carbocycles. The molecule has 22 heavy (non-hydrogen) atoms. The number of piperazine rings is 1. The van der Waals surface area contributed by atoms with E-state index in [1.54, 1.807) is 19.1 Å². The molecule has 0 radical (unpaired) electrons. The summed E-state index contributed by atoms with van der Waals surface area (Å²) in [4.78, 5) is 16.1. The number of amides is 1. The van der Waals surface area contributed by atoms with E-state index in [0.29, 0.717) is 19.6 Å². The molecule has 0 aliphatic carbocycles. The zero-order valence-electron chi connectivity index (χ0n) is 14.6. The minimum absolute atomic E-state index is 0.205. The van der Waals surface area contributed by atoms with Gasteiger partial charge in [0, 0.05) is 60.0 Å². The first kappa shape index (κ1) is 19.2. The molecule has 1 fully saturated rings. The summed E-state index contributed by atoms with van der Waals surface area (Å²) in [5.74, 6) is 0. The Labute approximate surface area is 133 Å². The second-order valence-corrected chi connectivity index (χ2v) is 6.41. The van der Waals surface area contributed by atoms with Crippen molar-refractivity contribution in [3.63, 3.8) is 0 Å². The van der Waals surface area contributed by atoms with E-state index < -0.39 is 5.60 Å². The van der Waals surface area contributed by atoms with Gasteiger partial charge in [-0.05, 0) is 20.8 Å². The largest absolute Gasteiger partial charge is 0.444 e. The van der Waals surface area contributed by atoms with Crippen molar-refractivity contribution in [2.45, 2.75) is 32.7 Å². The van der Waals surface area contributed by atoms with Gasteiger partial charge in [0.25, 0.3) is 0 Å². The molecule has 0 aromatic rings. The molecule has 130 valence electrons. The normalized spacial score (nSPS) is 17.1. The lowest BCUT2D eigenvalue weighted by molar-refractivity contribution is -0.0988. The highest BCUT2D eigenvalue weighted by Crippen LogP contribution is 2.11. The summed E-state index contributed by atoms with van der Waals surface area (Å²) in [7, 11) is 3.26. The predicted molar refractivity (Wildman–Crippen MR) is 84.9 cm³/mol. The first-order chi connectivity index (χ1) is 10.4. The van der Waals surface area contributed by atoms with E-state index >= 15 is 0 Å². The van der Waals surface area contributed by atoms with Crippen molar-refractivity contribution in [3.8, 4) is 0 Å². The van der Waals surface area contributed by atoms with Crippen LogP contribution >= 0.6 is 0 Å². The van der Waals surface area contributed by atoms with E-state index in [2.05, 4.69) is 10.2 Å². The first-order valence-electron chi connectivity index (χ1n) is 7.82. The average Bonchev–Trinajstić information content (AvgIpc) is 2.46. The highest BCUT2D eigenvalue weighted by molar-refractivity contribution is 5.68. The third kappa shape index (κ3) is 7.40. The molecule has 7 nitrogen and oxygen atoms in total. The molecule has 0 aromatic heterocycles. The Balaban J connectivity index is 2.16. The third-order valence-electron chi connectivity index (χ3n) is 3.47. The first-order valence-corrected chi connectivity index (χ1v) is 7.82. The van der Waals surface area contributed by atoms with Crippen LogP contribution in [0, 0.1) is 0 Å². The average molecular weight is 317 g/mol. The van der Waals surface area contributed by atoms with Crippen LogP contribution in [0.4, 0.5) is 4.79 Å². The number of nitrogens with zero attached hydrogens (tertiary/aromatic N) is 2. The van der Waals surface area contributed by atoms with Crippen molar-refractivity contribution in [1.82, 2.24) is 15.1 Å². The van der Waals surface area contributed by atoms with Gasteiger partial charge >= 0.3 is 6.09 Å². The van der Waals surface area contributed by atoms with Crippen LogP contribution in [0.5, 0.6) is 0 Å². The van der Waals surface area contributed by atoms with Gasteiger partial charge in [0.05, 0.1) is 0 Å². The lowest BCUT2D eigenvalue weighted by atomic mass is 10.2. The molecule has 0 atom stereocenters. The SMILES string of the molecule is COC(CNCCN1CCN(C(=O)OC(C)(C)C)CC1)OC. The van der Waals surface area contributed by atoms with Gasteiger partial charge in [-0.1, -0.05) is 0 Å². The zero-order chi connectivity index (χ0) is 16.6. The predicted octanol–water partition coefficient (Wildman–Crippen LogP) is 0.748. The van der Waals surface area contributed by atoms with Crippen LogP contribution in [-0.4, -0.2) is 87.8 Å². The van der Waals surface area contributed by atoms with Gasteiger partial charge in [-0.3, -0.25) is 4.90 Å². The Morgan fingerprint density at radius 1 is 1.14 bits per heavy atom. The van der Waals surface area contributed by atoms with Crippen molar-refractivity contribution < 1.29 is 19.0 Å². The van der Waals surface area contributed by atoms with Gasteiger partial charge in [-0.15, -0.1) is 0 Å². The highest BCUT2D eigenvalue weighted by Gasteiger charge is 2.25. The Morgan fingerprint density at radius 3 is 2.23 bits per heavy atom. The standard InChI is InChI=1S/C15H31N3O4/c1-15(2,3)22-14(19)18-10-8-17(9-11-18)7-6-16-12-13(20-4)21-5/h13,16H,6-12H2,1-5H3. The minimum Gasteiger partial charge on any atom is -0.444 e. The fourth-order valence-corrected chi connectivity index (χ4v) is 2.20. The number of carbonyl (C=O) groups excluding carboxylic acids is 1. The highest BCUT2D eigenvalue weighted by atomic mass is 16.7. The molecular weight excluding hydrogens is 286 g/mol. The molecule has 7 heteroatoms. The maximum absolute atomic E-state index is 12.0. The summed E-state index contributed by atoms with van der Waals surface area (Å²) < 4.78 is 15.6. The van der Waals surface area contributed by atoms with E-state index in [1.807, 2.05) is 20.8 Å². The molecule has 1 aliphatic heterocycles. The summed E-state index contributed by atoms with van der Waals surface area (Å²) in [6.07, 6.45) is -0.419. The Kier molecular flexibility index (Phi) is 8.09. The van der Waals surface area contributed by atoms with Crippen LogP contribution in [0.3, 0.4) is 0 Å². The van der Waals surface area contributed by atoms with E-state index in [4.69, 9.17) is 14.2 Å². The monoisotopic (exact) mass is 317 g/mol. The van der Waals surface area contributed by atoms with Crippen LogP contribution in [-0.2, 0) is 14.2 Å². The molecule has 0 spiro atoms. The van der Waals surface area contributed by atoms with E-state index in [0.717, 1.165) is 26.2 Å². The second kappa shape index (κ2) is 9.29. The molecule has 1 amide bonds. The van der Waals surface area contributed by atoms with Crippen LogP contribution in [0.25, 0.3) is 0 Å². The molecule has 1 aliphatic rings. The Hall–Kier alpha value is -0.890. The summed E-state index contributed by atoms with van der Waals surface area (Å²) in [6, 6.07) is 0. The van der Waals surface area contributed by atoms with Crippen LogP contribution in [0.1, 0.15) is 20.8 Å². The van der Waals surface area contributed by atoms with Crippen LogP contribution < -0.4 is 5.32 Å². The van der Waals surface area contributed by atoms with E-state index in [-0.39, 0.29) is 12.4 Å². The lowest BCUT2D eigenvalue weighted by Crippen LogP contribution is -2.51. The second-order valence-electron chi connectivity index (χ2n) is 6.41. The number of hydrogen-bond acceptors (Lipinski definition) is 6. The summed E-state index contributed by atoms with van der Waals surface area (Å²) >= 11 is 0. The Bertz CT molecular complexity index is 321. The molecule has 0 bridgehead atoms. The van der Waals surface area contributed by atoms with Crippen molar-refractivity contribution in [1.29, 1.82) is 0 Å². The van der Waals surface area contributed by atoms with Gasteiger partial charge < -0.3 is 24.4 Å². The maximum Gasteiger partial charge on any atom is 0.410 e. The fraction of sp³-hybridized carbons (Fsp3) is 0.933. The smallest absolute Gasteiger partial charge is 0.410 e. The van der Waals surface area contributed by atoms with Crippen LogP contribution in [0.15, 0.2) is 0 Å². The van der Waals surface area contributed by atoms with Crippen molar-refractivity contribution >= 4 is 6.09 Å². The quantitative estimate of drug-likeness (QED) is 0.552. The van der Waals surface area contributed by atoms with E-state index in [9.17, 15) is 4.79 Å². The number of nitrogens with one attached hydrogen (secondary N) is 1. The number of ether oxygens (including phenoxy) is 3. The Morgan fingerprint density at radius 2 is 1.73 bits per heavy atom. The van der Waals surface area contributed by atoms with Crippen LogP contribution in [0.2, 0.25) is 0 Å². The summed E-state index contributed by atoms with van der Waals surface area (Å²) in [5.41, 5.74) is -0.433. The molecule has 1 heterocycles. The van der Waals surface area contributed by atoms with Gasteiger partial charge in [-0.2, -0.15) is 0 Å². The van der Waals surface area contributed by atoms with Gasteiger partial charge in [-0.25, -0.2) is 4.79 Å². The van der Waals surface area contributed by atoms with Gasteiger partial charge in [0.1, 0.15) is 5.60 Å². The molecule has 0 unspecified atom stereocenters. The number of hydrogen-bond donors (Lipinski definition) is 1. The summed E-state index contributed by atoms with van der Waals surface area (Å²) in [5, 5.41) is 3.30. The number of methoxy groups -OCH3 is 2. The zero-order valence-corrected chi connectivity index (χ0v) is 14.6. The molecular formula is C15H31N3O4. The topological polar surface area (TPSA) is 63.3 Å². The number of rotatable bonds is 7. The maximum atomic E-state index is 12.0. The molecule has 1 rings (SSSR count). The third-order valence-corrected chi connectivity index (χ3v) is 3.47. The molecule has 1 N–H and O–H groups in total. The van der Waals surface area contributed by atoms with Gasteiger partial charge in [0.2, 0.25) is 0 Å². The van der Waals surface area contributed by atoms with E-state index in [1.165, 1.54) is 0 Å². The fourth-order valence-electron chi connectivity index (χ4n) is 2.20. The van der Waals surface area contributed by atoms with Crippen molar-refractivity contribution in [2.75, 3.05) is 60.0 Å². The minimum atomic E-state index is -0.433.